The van der Waals surface area contributed by atoms with Crippen molar-refractivity contribution in [3.63, 3.8) is 0 Å². The maximum absolute atomic E-state index is 12.6. The summed E-state index contributed by atoms with van der Waals surface area (Å²) in [6, 6.07) is 33.5. The fraction of sp³-hybridized carbons (Fsp3) is 0.0909. The van der Waals surface area contributed by atoms with E-state index in [1.54, 1.807) is 6.08 Å². The largest absolute Gasteiger partial charge is 0.465 e. The van der Waals surface area contributed by atoms with E-state index in [2.05, 4.69) is 35.1 Å². The van der Waals surface area contributed by atoms with E-state index in [0.717, 1.165) is 22.3 Å². The highest BCUT2D eigenvalue weighted by Crippen LogP contribution is 2.37. The van der Waals surface area contributed by atoms with Crippen LogP contribution in [0.2, 0.25) is 0 Å². The van der Waals surface area contributed by atoms with Crippen molar-refractivity contribution in [1.29, 1.82) is 0 Å². The topological polar surface area (TPSA) is 89.5 Å². The number of hydrogen-bond acceptors (Lipinski definition) is 5. The molecule has 4 rings (SSSR count). The zero-order chi connectivity index (χ0) is 28.5. The average molecular weight is 552 g/mol. The van der Waals surface area contributed by atoms with Crippen molar-refractivity contribution < 1.29 is 22.7 Å². The molecule has 0 aliphatic heterocycles. The second kappa shape index (κ2) is 12.9. The standard InChI is InChI=1S/C33H29NO5S/c1-3-30(25-10-6-4-7-11-25)32(26-12-8-5-9-13-26)27-17-14-24(15-18-27)16-23-31(35)34-40(37,38)29-21-19-28(20-22-29)33(36)39-2/h3-23,32H,1-2H3,(H,34,35). The minimum absolute atomic E-state index is 0.00522. The monoisotopic (exact) mass is 551 g/mol. The first-order valence-electron chi connectivity index (χ1n) is 12.6. The van der Waals surface area contributed by atoms with Gasteiger partial charge in [0.15, 0.2) is 0 Å². The van der Waals surface area contributed by atoms with Crippen molar-refractivity contribution >= 4 is 33.5 Å². The van der Waals surface area contributed by atoms with Gasteiger partial charge < -0.3 is 4.74 Å². The highest BCUT2D eigenvalue weighted by atomic mass is 32.2. The summed E-state index contributed by atoms with van der Waals surface area (Å²) in [6.07, 6.45) is 4.86. The van der Waals surface area contributed by atoms with Gasteiger partial charge in [-0.1, -0.05) is 91.0 Å². The van der Waals surface area contributed by atoms with Crippen LogP contribution in [0.5, 0.6) is 0 Å². The summed E-state index contributed by atoms with van der Waals surface area (Å²) in [5, 5.41) is 0. The fourth-order valence-corrected chi connectivity index (χ4v) is 5.36. The second-order valence-electron chi connectivity index (χ2n) is 8.94. The van der Waals surface area contributed by atoms with Gasteiger partial charge >= 0.3 is 5.97 Å². The number of benzene rings is 4. The van der Waals surface area contributed by atoms with Crippen LogP contribution >= 0.6 is 0 Å². The predicted octanol–water partition coefficient (Wildman–Crippen LogP) is 6.23. The molecule has 0 saturated heterocycles. The molecule has 0 fully saturated rings. The summed E-state index contributed by atoms with van der Waals surface area (Å²) in [5.41, 5.74) is 5.51. The molecule has 202 valence electrons. The van der Waals surface area contributed by atoms with Gasteiger partial charge in [-0.25, -0.2) is 17.9 Å². The Hall–Kier alpha value is -4.75. The first-order valence-corrected chi connectivity index (χ1v) is 14.1. The molecule has 1 unspecified atom stereocenters. The number of sulfonamides is 1. The summed E-state index contributed by atoms with van der Waals surface area (Å²) in [7, 11) is -2.87. The summed E-state index contributed by atoms with van der Waals surface area (Å²) in [4.78, 5) is 23.8. The van der Waals surface area contributed by atoms with Crippen LogP contribution in [-0.2, 0) is 19.6 Å². The van der Waals surface area contributed by atoms with E-state index in [1.807, 2.05) is 72.3 Å². The van der Waals surface area contributed by atoms with Crippen molar-refractivity contribution in [1.82, 2.24) is 4.72 Å². The molecular formula is C33H29NO5S. The Morgan fingerprint density at radius 2 is 1.32 bits per heavy atom. The van der Waals surface area contributed by atoms with Gasteiger partial charge in [-0.2, -0.15) is 0 Å². The quantitative estimate of drug-likeness (QED) is 0.197. The first kappa shape index (κ1) is 28.3. The van der Waals surface area contributed by atoms with Gasteiger partial charge in [-0.05, 0) is 65.1 Å². The van der Waals surface area contributed by atoms with Crippen LogP contribution in [0.15, 0.2) is 126 Å². The maximum atomic E-state index is 12.6. The molecule has 0 aliphatic rings. The third-order valence-electron chi connectivity index (χ3n) is 6.38. The Morgan fingerprint density at radius 3 is 1.90 bits per heavy atom. The minimum Gasteiger partial charge on any atom is -0.465 e. The molecule has 0 heterocycles. The summed E-state index contributed by atoms with van der Waals surface area (Å²) < 4.78 is 31.8. The molecule has 1 N–H and O–H groups in total. The molecule has 0 bridgehead atoms. The number of esters is 1. The van der Waals surface area contributed by atoms with Crippen LogP contribution in [0.4, 0.5) is 0 Å². The van der Waals surface area contributed by atoms with E-state index < -0.39 is 21.9 Å². The van der Waals surface area contributed by atoms with Crippen molar-refractivity contribution in [2.75, 3.05) is 7.11 Å². The van der Waals surface area contributed by atoms with Crippen LogP contribution in [0.3, 0.4) is 0 Å². The number of allylic oxidation sites excluding steroid dienone is 2. The van der Waals surface area contributed by atoms with Crippen LogP contribution in [0.1, 0.15) is 45.5 Å². The highest BCUT2D eigenvalue weighted by Gasteiger charge is 2.20. The number of rotatable bonds is 9. The van der Waals surface area contributed by atoms with Crippen molar-refractivity contribution in [2.24, 2.45) is 0 Å². The molecule has 1 atom stereocenters. The Balaban J connectivity index is 1.51. The number of nitrogens with one attached hydrogen (secondary N) is 1. The van der Waals surface area contributed by atoms with Crippen LogP contribution < -0.4 is 4.72 Å². The van der Waals surface area contributed by atoms with Crippen LogP contribution in [0.25, 0.3) is 11.6 Å². The van der Waals surface area contributed by atoms with Gasteiger partial charge in [0.25, 0.3) is 15.9 Å². The summed E-state index contributed by atoms with van der Waals surface area (Å²) >= 11 is 0. The molecule has 7 heteroatoms. The van der Waals surface area contributed by atoms with Crippen molar-refractivity contribution in [2.45, 2.75) is 17.7 Å². The normalized spacial score (nSPS) is 12.6. The molecule has 6 nitrogen and oxygen atoms in total. The molecule has 4 aromatic rings. The van der Waals surface area contributed by atoms with Crippen LogP contribution in [0, 0.1) is 0 Å². The highest BCUT2D eigenvalue weighted by molar-refractivity contribution is 7.90. The molecule has 0 saturated carbocycles. The average Bonchev–Trinajstić information content (AvgIpc) is 2.99. The number of carbonyl (C=O) groups excluding carboxylic acids is 2. The molecule has 0 radical (unpaired) electrons. The maximum Gasteiger partial charge on any atom is 0.337 e. The van der Waals surface area contributed by atoms with E-state index in [-0.39, 0.29) is 16.4 Å². The molecule has 1 amide bonds. The Labute approximate surface area is 234 Å². The fourth-order valence-electron chi connectivity index (χ4n) is 4.41. The van der Waals surface area contributed by atoms with E-state index in [9.17, 15) is 18.0 Å². The number of amides is 1. The zero-order valence-electron chi connectivity index (χ0n) is 22.2. The van der Waals surface area contributed by atoms with Gasteiger partial charge in [0.2, 0.25) is 0 Å². The molecule has 0 aliphatic carbocycles. The van der Waals surface area contributed by atoms with E-state index in [0.29, 0.717) is 0 Å². The smallest absolute Gasteiger partial charge is 0.337 e. The lowest BCUT2D eigenvalue weighted by atomic mass is 9.81. The minimum atomic E-state index is -4.11. The number of hydrogen-bond donors (Lipinski definition) is 1. The third kappa shape index (κ3) is 6.81. The lowest BCUT2D eigenvalue weighted by Crippen LogP contribution is -2.29. The zero-order valence-corrected chi connectivity index (χ0v) is 23.0. The SMILES string of the molecule is CC=C(c1ccccc1)C(c1ccccc1)c1ccc(C=CC(=O)NS(=O)(=O)c2ccc(C(=O)OC)cc2)cc1. The predicted molar refractivity (Wildman–Crippen MR) is 157 cm³/mol. The molecule has 0 spiro atoms. The van der Waals surface area contributed by atoms with E-state index in [4.69, 9.17) is 0 Å². The lowest BCUT2D eigenvalue weighted by molar-refractivity contribution is -0.114. The molecule has 0 aromatic heterocycles. The molecule has 4 aromatic carbocycles. The van der Waals surface area contributed by atoms with E-state index >= 15 is 0 Å². The van der Waals surface area contributed by atoms with Gasteiger partial charge in [0.05, 0.1) is 17.6 Å². The summed E-state index contributed by atoms with van der Waals surface area (Å²) in [5.74, 6) is -1.37. The first-order chi connectivity index (χ1) is 19.3. The Morgan fingerprint density at radius 1 is 0.750 bits per heavy atom. The van der Waals surface area contributed by atoms with Gasteiger partial charge in [0, 0.05) is 12.0 Å². The lowest BCUT2D eigenvalue weighted by Gasteiger charge is -2.22. The van der Waals surface area contributed by atoms with Crippen molar-refractivity contribution in [3.8, 4) is 0 Å². The number of ether oxygens (including phenoxy) is 1. The van der Waals surface area contributed by atoms with Gasteiger partial charge in [0.1, 0.15) is 0 Å². The third-order valence-corrected chi connectivity index (χ3v) is 7.74. The number of carbonyl (C=O) groups is 2. The summed E-state index contributed by atoms with van der Waals surface area (Å²) in [6.45, 7) is 2.04. The van der Waals surface area contributed by atoms with Crippen LogP contribution in [-0.4, -0.2) is 27.4 Å². The Bertz CT molecular complexity index is 1630. The number of methoxy groups -OCH3 is 1. The van der Waals surface area contributed by atoms with Gasteiger partial charge in [-0.15, -0.1) is 0 Å². The molecular weight excluding hydrogens is 522 g/mol. The van der Waals surface area contributed by atoms with E-state index in [1.165, 1.54) is 43.0 Å². The second-order valence-corrected chi connectivity index (χ2v) is 10.6. The van der Waals surface area contributed by atoms with Crippen molar-refractivity contribution in [3.05, 3.63) is 149 Å². The van der Waals surface area contributed by atoms with Gasteiger partial charge in [-0.3, -0.25) is 4.79 Å². The molecule has 40 heavy (non-hydrogen) atoms. The Kier molecular flexibility index (Phi) is 9.09.